The number of ether oxygens (including phenoxy) is 2. The molecule has 0 amide bonds. The molecule has 0 aliphatic rings. The smallest absolute Gasteiger partial charge is 0.304 e. The quantitative estimate of drug-likeness (QED) is 0.315. The normalized spacial score (nSPS) is 9.94. The molecule has 0 aliphatic carbocycles. The summed E-state index contributed by atoms with van der Waals surface area (Å²) in [5.41, 5.74) is 0.715. The number of hydrogen-bond acceptors (Lipinski definition) is 4. The first-order valence-electron chi connectivity index (χ1n) is 5.49. The van der Waals surface area contributed by atoms with Crippen LogP contribution in [0.3, 0.4) is 0 Å². The van der Waals surface area contributed by atoms with E-state index >= 15 is 0 Å². The van der Waals surface area contributed by atoms with Gasteiger partial charge in [-0.15, -0.1) is 0 Å². The van der Waals surface area contributed by atoms with E-state index in [2.05, 4.69) is 4.74 Å². The fourth-order valence-corrected chi connectivity index (χ4v) is 1.29. The van der Waals surface area contributed by atoms with Gasteiger partial charge in [0.1, 0.15) is 0 Å². The molecule has 0 radical (unpaired) electrons. The third-order valence-corrected chi connectivity index (χ3v) is 2.13. The summed E-state index contributed by atoms with van der Waals surface area (Å²) in [4.78, 5) is 22.1. The number of rotatable bonds is 7. The SMILES string of the molecule is CC(=O)OCOCCCC(=O)c1ccccc1. The lowest BCUT2D eigenvalue weighted by molar-refractivity contribution is -0.153. The number of hydrogen-bond donors (Lipinski definition) is 0. The first-order valence-corrected chi connectivity index (χ1v) is 5.49. The lowest BCUT2D eigenvalue weighted by Gasteiger charge is -2.04. The van der Waals surface area contributed by atoms with E-state index < -0.39 is 0 Å². The van der Waals surface area contributed by atoms with Crippen LogP contribution in [0.1, 0.15) is 30.1 Å². The maximum absolute atomic E-state index is 11.6. The molecule has 0 atom stereocenters. The number of benzene rings is 1. The van der Waals surface area contributed by atoms with Crippen molar-refractivity contribution in [2.45, 2.75) is 19.8 Å². The molecule has 4 nitrogen and oxygen atoms in total. The fraction of sp³-hybridized carbons (Fsp3) is 0.385. The van der Waals surface area contributed by atoms with Gasteiger partial charge >= 0.3 is 5.97 Å². The molecule has 1 rings (SSSR count). The summed E-state index contributed by atoms with van der Waals surface area (Å²) in [5, 5.41) is 0. The molecule has 0 N–H and O–H groups in total. The molecule has 0 bridgehead atoms. The van der Waals surface area contributed by atoms with Crippen LogP contribution < -0.4 is 0 Å². The molecule has 0 spiro atoms. The van der Waals surface area contributed by atoms with Crippen LogP contribution in [0.5, 0.6) is 0 Å². The molecule has 0 saturated heterocycles. The summed E-state index contributed by atoms with van der Waals surface area (Å²) in [6, 6.07) is 9.14. The molecular formula is C13H16O4. The third kappa shape index (κ3) is 5.82. The Labute approximate surface area is 101 Å². The van der Waals surface area contributed by atoms with Crippen molar-refractivity contribution in [2.75, 3.05) is 13.4 Å². The Morgan fingerprint density at radius 2 is 1.88 bits per heavy atom. The van der Waals surface area contributed by atoms with E-state index in [9.17, 15) is 9.59 Å². The lowest BCUT2D eigenvalue weighted by atomic mass is 10.1. The Kier molecular flexibility index (Phi) is 5.96. The van der Waals surface area contributed by atoms with Gasteiger partial charge in [0, 0.05) is 18.9 Å². The minimum atomic E-state index is -0.370. The Morgan fingerprint density at radius 1 is 1.18 bits per heavy atom. The predicted molar refractivity (Wildman–Crippen MR) is 62.6 cm³/mol. The number of carbonyl (C=O) groups is 2. The summed E-state index contributed by atoms with van der Waals surface area (Å²) in [7, 11) is 0. The summed E-state index contributed by atoms with van der Waals surface area (Å²) in [6.45, 7) is 1.68. The second kappa shape index (κ2) is 7.57. The van der Waals surface area contributed by atoms with Crippen LogP contribution in [-0.2, 0) is 14.3 Å². The molecule has 92 valence electrons. The lowest BCUT2D eigenvalue weighted by Crippen LogP contribution is -2.07. The predicted octanol–water partition coefficient (Wildman–Crippen LogP) is 2.19. The topological polar surface area (TPSA) is 52.6 Å². The van der Waals surface area contributed by atoms with Crippen molar-refractivity contribution < 1.29 is 19.1 Å². The second-order valence-corrected chi connectivity index (χ2v) is 3.55. The van der Waals surface area contributed by atoms with E-state index in [0.717, 1.165) is 0 Å². The molecule has 0 aromatic heterocycles. The zero-order valence-corrected chi connectivity index (χ0v) is 9.85. The summed E-state index contributed by atoms with van der Waals surface area (Å²) >= 11 is 0. The van der Waals surface area contributed by atoms with Gasteiger partial charge in [-0.05, 0) is 6.42 Å². The van der Waals surface area contributed by atoms with E-state index in [4.69, 9.17) is 4.74 Å². The summed E-state index contributed by atoms with van der Waals surface area (Å²) < 4.78 is 9.62. The van der Waals surface area contributed by atoms with Crippen LogP contribution in [0, 0.1) is 0 Å². The zero-order chi connectivity index (χ0) is 12.5. The van der Waals surface area contributed by atoms with Crippen LogP contribution in [0.4, 0.5) is 0 Å². The standard InChI is InChI=1S/C13H16O4/c1-11(14)17-10-16-9-5-8-13(15)12-6-3-2-4-7-12/h2-4,6-7H,5,8-10H2,1H3. The molecule has 0 heterocycles. The van der Waals surface area contributed by atoms with Crippen LogP contribution in [-0.4, -0.2) is 25.2 Å². The van der Waals surface area contributed by atoms with E-state index in [-0.39, 0.29) is 18.5 Å². The molecule has 17 heavy (non-hydrogen) atoms. The van der Waals surface area contributed by atoms with Crippen molar-refractivity contribution in [3.05, 3.63) is 35.9 Å². The minimum Gasteiger partial charge on any atom is -0.439 e. The van der Waals surface area contributed by atoms with Crippen molar-refractivity contribution in [1.82, 2.24) is 0 Å². The van der Waals surface area contributed by atoms with E-state index in [1.54, 1.807) is 12.1 Å². The Hall–Kier alpha value is -1.68. The van der Waals surface area contributed by atoms with Gasteiger partial charge in [0.15, 0.2) is 12.6 Å². The molecule has 1 aromatic rings. The number of carbonyl (C=O) groups excluding carboxylic acids is 2. The van der Waals surface area contributed by atoms with Gasteiger partial charge in [0.05, 0.1) is 6.61 Å². The zero-order valence-electron chi connectivity index (χ0n) is 9.85. The molecule has 1 aromatic carbocycles. The first-order chi connectivity index (χ1) is 8.20. The first kappa shape index (κ1) is 13.4. The van der Waals surface area contributed by atoms with Crippen molar-refractivity contribution >= 4 is 11.8 Å². The van der Waals surface area contributed by atoms with E-state index in [1.807, 2.05) is 18.2 Å². The minimum absolute atomic E-state index is 0.0468. The molecule has 4 heteroatoms. The Morgan fingerprint density at radius 3 is 2.53 bits per heavy atom. The third-order valence-electron chi connectivity index (χ3n) is 2.13. The largest absolute Gasteiger partial charge is 0.439 e. The van der Waals surface area contributed by atoms with Gasteiger partial charge in [-0.1, -0.05) is 30.3 Å². The molecular weight excluding hydrogens is 220 g/mol. The van der Waals surface area contributed by atoms with Gasteiger partial charge in [-0.3, -0.25) is 9.59 Å². The number of Topliss-reactive ketones (excluding diaryl/α,β-unsaturated/α-hetero) is 1. The maximum atomic E-state index is 11.6. The van der Waals surface area contributed by atoms with Gasteiger partial charge in [0.2, 0.25) is 0 Å². The van der Waals surface area contributed by atoms with Crippen molar-refractivity contribution in [3.63, 3.8) is 0 Å². The average molecular weight is 236 g/mol. The maximum Gasteiger partial charge on any atom is 0.304 e. The highest BCUT2D eigenvalue weighted by Crippen LogP contribution is 2.04. The van der Waals surface area contributed by atoms with Crippen molar-refractivity contribution in [1.29, 1.82) is 0 Å². The van der Waals surface area contributed by atoms with Crippen molar-refractivity contribution in [2.24, 2.45) is 0 Å². The fourth-order valence-electron chi connectivity index (χ4n) is 1.29. The Balaban J connectivity index is 2.11. The van der Waals surface area contributed by atoms with Gasteiger partial charge in [0.25, 0.3) is 0 Å². The Bertz CT molecular complexity index is 359. The van der Waals surface area contributed by atoms with Crippen LogP contribution in [0.15, 0.2) is 30.3 Å². The second-order valence-electron chi connectivity index (χ2n) is 3.55. The summed E-state index contributed by atoms with van der Waals surface area (Å²) in [6.07, 6.45) is 1.05. The molecule has 0 unspecified atom stereocenters. The van der Waals surface area contributed by atoms with E-state index in [0.29, 0.717) is 25.0 Å². The van der Waals surface area contributed by atoms with Crippen LogP contribution >= 0.6 is 0 Å². The van der Waals surface area contributed by atoms with Crippen LogP contribution in [0.2, 0.25) is 0 Å². The van der Waals surface area contributed by atoms with Crippen LogP contribution in [0.25, 0.3) is 0 Å². The highest BCUT2D eigenvalue weighted by molar-refractivity contribution is 5.95. The van der Waals surface area contributed by atoms with E-state index in [1.165, 1.54) is 6.92 Å². The van der Waals surface area contributed by atoms with Gasteiger partial charge in [-0.25, -0.2) is 0 Å². The monoisotopic (exact) mass is 236 g/mol. The van der Waals surface area contributed by atoms with Crippen molar-refractivity contribution in [3.8, 4) is 0 Å². The molecule has 0 saturated carbocycles. The number of ketones is 1. The average Bonchev–Trinajstić information content (AvgIpc) is 2.34. The van der Waals surface area contributed by atoms with Gasteiger partial charge < -0.3 is 9.47 Å². The highest BCUT2D eigenvalue weighted by Gasteiger charge is 2.04. The molecule has 0 aliphatic heterocycles. The van der Waals surface area contributed by atoms with Gasteiger partial charge in [-0.2, -0.15) is 0 Å². The number of esters is 1. The highest BCUT2D eigenvalue weighted by atomic mass is 16.7. The molecule has 0 fully saturated rings. The summed E-state index contributed by atoms with van der Waals surface area (Å²) in [5.74, 6) is -0.271.